The Morgan fingerprint density at radius 1 is 1.39 bits per heavy atom. The average Bonchev–Trinajstić information content (AvgIpc) is 2.90. The van der Waals surface area contributed by atoms with Crippen molar-refractivity contribution in [2.24, 2.45) is 0 Å². The predicted octanol–water partition coefficient (Wildman–Crippen LogP) is 2.48. The lowest BCUT2D eigenvalue weighted by atomic mass is 9.98. The van der Waals surface area contributed by atoms with E-state index in [9.17, 15) is 9.90 Å². The van der Waals surface area contributed by atoms with Crippen LogP contribution in [0, 0.1) is 0 Å². The molecule has 1 N–H and O–H groups in total. The predicted molar refractivity (Wildman–Crippen MR) is 70.5 cm³/mol. The van der Waals surface area contributed by atoms with Gasteiger partial charge in [0.05, 0.1) is 13.0 Å². The van der Waals surface area contributed by atoms with Gasteiger partial charge in [0.2, 0.25) is 0 Å². The van der Waals surface area contributed by atoms with Gasteiger partial charge < -0.3 is 14.7 Å². The molecule has 1 unspecified atom stereocenters. The van der Waals surface area contributed by atoms with Crippen molar-refractivity contribution in [1.82, 2.24) is 0 Å². The summed E-state index contributed by atoms with van der Waals surface area (Å²) in [4.78, 5) is 13.5. The molecule has 4 nitrogen and oxygen atoms in total. The fraction of sp³-hybridized carbons (Fsp3) is 0.500. The third kappa shape index (κ3) is 2.42. The van der Waals surface area contributed by atoms with Gasteiger partial charge in [-0.15, -0.1) is 0 Å². The third-order valence-corrected chi connectivity index (χ3v) is 3.52. The lowest BCUT2D eigenvalue weighted by Gasteiger charge is -2.23. The molecule has 0 amide bonds. The molecule has 0 aliphatic carbocycles. The minimum atomic E-state index is -0.802. The van der Waals surface area contributed by atoms with Crippen LogP contribution in [0.1, 0.15) is 31.2 Å². The molecule has 18 heavy (non-hydrogen) atoms. The van der Waals surface area contributed by atoms with E-state index >= 15 is 0 Å². The van der Waals surface area contributed by atoms with Crippen molar-refractivity contribution in [2.75, 3.05) is 25.1 Å². The molecule has 1 aromatic rings. The van der Waals surface area contributed by atoms with E-state index in [-0.39, 0.29) is 0 Å². The quantitative estimate of drug-likeness (QED) is 0.890. The summed E-state index contributed by atoms with van der Waals surface area (Å²) in [5, 5.41) is 9.21. The van der Waals surface area contributed by atoms with Crippen molar-refractivity contribution >= 4 is 11.7 Å². The van der Waals surface area contributed by atoms with Crippen LogP contribution in [0.3, 0.4) is 0 Å². The van der Waals surface area contributed by atoms with E-state index in [0.29, 0.717) is 5.75 Å². The second-order valence-electron chi connectivity index (χ2n) is 4.68. The van der Waals surface area contributed by atoms with E-state index in [0.717, 1.165) is 24.3 Å². The van der Waals surface area contributed by atoms with E-state index < -0.39 is 11.9 Å². The van der Waals surface area contributed by atoms with E-state index in [4.69, 9.17) is 4.74 Å². The number of nitrogens with zero attached hydrogens (tertiary/aromatic N) is 1. The normalized spacial score (nSPS) is 16.7. The summed E-state index contributed by atoms with van der Waals surface area (Å²) < 4.78 is 5.19. The Balaban J connectivity index is 2.40. The molecular formula is C14H19NO3. The first-order valence-electron chi connectivity index (χ1n) is 6.29. The summed E-state index contributed by atoms with van der Waals surface area (Å²) in [5.41, 5.74) is 1.87. The summed E-state index contributed by atoms with van der Waals surface area (Å²) >= 11 is 0. The van der Waals surface area contributed by atoms with Crippen molar-refractivity contribution in [1.29, 1.82) is 0 Å². The first kappa shape index (κ1) is 12.7. The fourth-order valence-electron chi connectivity index (χ4n) is 2.39. The molecule has 1 aliphatic heterocycles. The molecule has 98 valence electrons. The molecule has 4 heteroatoms. The summed E-state index contributed by atoms with van der Waals surface area (Å²) in [6, 6.07) is 5.71. The topological polar surface area (TPSA) is 49.8 Å². The van der Waals surface area contributed by atoms with Crippen molar-refractivity contribution < 1.29 is 14.6 Å². The molecule has 0 spiro atoms. The second-order valence-corrected chi connectivity index (χ2v) is 4.68. The van der Waals surface area contributed by atoms with Gasteiger partial charge in [-0.1, -0.05) is 0 Å². The zero-order valence-corrected chi connectivity index (χ0v) is 10.8. The Kier molecular flexibility index (Phi) is 3.75. The fourth-order valence-corrected chi connectivity index (χ4v) is 2.39. The zero-order chi connectivity index (χ0) is 13.1. The second kappa shape index (κ2) is 5.29. The zero-order valence-electron chi connectivity index (χ0n) is 10.8. The largest absolute Gasteiger partial charge is 0.497 e. The number of hydrogen-bond acceptors (Lipinski definition) is 3. The molecule has 1 aromatic carbocycles. The monoisotopic (exact) mass is 249 g/mol. The van der Waals surface area contributed by atoms with Gasteiger partial charge in [0.25, 0.3) is 0 Å². The number of rotatable bonds is 4. The van der Waals surface area contributed by atoms with Crippen LogP contribution in [0.2, 0.25) is 0 Å². The highest BCUT2D eigenvalue weighted by Gasteiger charge is 2.23. The highest BCUT2D eigenvalue weighted by Crippen LogP contribution is 2.33. The van der Waals surface area contributed by atoms with E-state index in [2.05, 4.69) is 4.90 Å². The minimum Gasteiger partial charge on any atom is -0.497 e. The van der Waals surface area contributed by atoms with Gasteiger partial charge in [-0.2, -0.15) is 0 Å². The average molecular weight is 249 g/mol. The van der Waals surface area contributed by atoms with Gasteiger partial charge in [-0.05, 0) is 43.5 Å². The van der Waals surface area contributed by atoms with Crippen molar-refractivity contribution in [3.05, 3.63) is 23.8 Å². The Bertz CT molecular complexity index is 439. The molecule has 1 fully saturated rings. The first-order valence-corrected chi connectivity index (χ1v) is 6.29. The SMILES string of the molecule is COc1ccc(N2CCCC2)c(C(C)C(=O)O)c1. The molecule has 0 aromatic heterocycles. The van der Waals surface area contributed by atoms with Gasteiger partial charge in [0.15, 0.2) is 0 Å². The van der Waals surface area contributed by atoms with Crippen molar-refractivity contribution in [3.63, 3.8) is 0 Å². The number of ether oxygens (including phenoxy) is 1. The summed E-state index contributed by atoms with van der Waals surface area (Å²) in [5.74, 6) is -0.611. The number of carboxylic acid groups (broad SMARTS) is 1. The van der Waals surface area contributed by atoms with Gasteiger partial charge in [-0.3, -0.25) is 4.79 Å². The number of aliphatic carboxylic acids is 1. The summed E-state index contributed by atoms with van der Waals surface area (Å²) in [6.07, 6.45) is 2.35. The van der Waals surface area contributed by atoms with Gasteiger partial charge in [0, 0.05) is 18.8 Å². The minimum absolute atomic E-state index is 0.518. The van der Waals surface area contributed by atoms with Gasteiger partial charge in [0.1, 0.15) is 5.75 Å². The third-order valence-electron chi connectivity index (χ3n) is 3.52. The smallest absolute Gasteiger partial charge is 0.310 e. The van der Waals surface area contributed by atoms with Crippen LogP contribution in [0.5, 0.6) is 5.75 Å². The Labute approximate surface area is 107 Å². The number of benzene rings is 1. The first-order chi connectivity index (χ1) is 8.63. The molecule has 0 saturated carbocycles. The van der Waals surface area contributed by atoms with Crippen LogP contribution in [-0.4, -0.2) is 31.3 Å². The number of carbonyl (C=O) groups is 1. The Morgan fingerprint density at radius 2 is 2.06 bits per heavy atom. The highest BCUT2D eigenvalue weighted by atomic mass is 16.5. The molecule has 1 heterocycles. The van der Waals surface area contributed by atoms with Crippen LogP contribution in [0.25, 0.3) is 0 Å². The summed E-state index contributed by atoms with van der Waals surface area (Å²) in [7, 11) is 1.60. The standard InChI is InChI=1S/C14H19NO3/c1-10(14(16)17)12-9-11(18-2)5-6-13(12)15-7-3-4-8-15/h5-6,9-10H,3-4,7-8H2,1-2H3,(H,16,17). The number of carboxylic acids is 1. The number of anilines is 1. The van der Waals surface area contributed by atoms with E-state index in [1.165, 1.54) is 12.8 Å². The number of hydrogen-bond donors (Lipinski definition) is 1. The van der Waals surface area contributed by atoms with Crippen molar-refractivity contribution in [3.8, 4) is 5.75 Å². The molecule has 1 atom stereocenters. The molecule has 1 saturated heterocycles. The highest BCUT2D eigenvalue weighted by molar-refractivity contribution is 5.79. The molecule has 1 aliphatic rings. The van der Waals surface area contributed by atoms with Crippen LogP contribution in [-0.2, 0) is 4.79 Å². The summed E-state index contributed by atoms with van der Waals surface area (Å²) in [6.45, 7) is 3.73. The van der Waals surface area contributed by atoms with Gasteiger partial charge >= 0.3 is 5.97 Å². The van der Waals surface area contributed by atoms with E-state index in [1.54, 1.807) is 14.0 Å². The molecular weight excluding hydrogens is 230 g/mol. The molecule has 0 bridgehead atoms. The van der Waals surface area contributed by atoms with E-state index in [1.807, 2.05) is 18.2 Å². The maximum absolute atomic E-state index is 11.2. The van der Waals surface area contributed by atoms with Crippen molar-refractivity contribution in [2.45, 2.75) is 25.7 Å². The van der Waals surface area contributed by atoms with Crippen LogP contribution >= 0.6 is 0 Å². The molecule has 2 rings (SSSR count). The molecule has 0 radical (unpaired) electrons. The van der Waals surface area contributed by atoms with Crippen LogP contribution in [0.15, 0.2) is 18.2 Å². The lowest BCUT2D eigenvalue weighted by molar-refractivity contribution is -0.138. The lowest BCUT2D eigenvalue weighted by Crippen LogP contribution is -2.21. The van der Waals surface area contributed by atoms with Gasteiger partial charge in [-0.25, -0.2) is 0 Å². The van der Waals surface area contributed by atoms with Crippen LogP contribution < -0.4 is 9.64 Å². The number of methoxy groups -OCH3 is 1. The Morgan fingerprint density at radius 3 is 2.61 bits per heavy atom. The van der Waals surface area contributed by atoms with Crippen LogP contribution in [0.4, 0.5) is 5.69 Å². The maximum Gasteiger partial charge on any atom is 0.310 e. The maximum atomic E-state index is 11.2. The Hall–Kier alpha value is -1.71.